The molecule has 25 heavy (non-hydrogen) atoms. The van der Waals surface area contributed by atoms with E-state index in [1.807, 2.05) is 6.07 Å². The number of allylic oxidation sites excluding steroid dienone is 5. The van der Waals surface area contributed by atoms with Gasteiger partial charge in [0.2, 0.25) is 0 Å². The van der Waals surface area contributed by atoms with Crippen molar-refractivity contribution in [2.75, 3.05) is 11.4 Å². The predicted octanol–water partition coefficient (Wildman–Crippen LogP) is 5.14. The number of carbonyl (C=O) groups is 1. The Balaban J connectivity index is 2.33. The molecule has 0 saturated heterocycles. The Morgan fingerprint density at radius 2 is 2.00 bits per heavy atom. The summed E-state index contributed by atoms with van der Waals surface area (Å²) in [6.07, 6.45) is 6.06. The minimum atomic E-state index is -1.04. The highest BCUT2D eigenvalue weighted by Crippen LogP contribution is 2.32. The van der Waals surface area contributed by atoms with E-state index in [0.29, 0.717) is 17.2 Å². The number of rotatable bonds is 5. The quantitative estimate of drug-likeness (QED) is 0.595. The maximum Gasteiger partial charge on any atom is 0.328 e. The molecule has 1 N–H and O–H groups in total. The Morgan fingerprint density at radius 3 is 2.64 bits per heavy atom. The molecular weight excluding hydrogens is 317 g/mol. The number of halogens is 1. The second-order valence-electron chi connectivity index (χ2n) is 6.77. The SMILES string of the molecule is CC(/C=C/C(F)=C(/C)c1ccc2c(c1)N(C(C)C)CCC2)=C\C(=O)O. The maximum absolute atomic E-state index is 14.5. The number of nitrogens with zero attached hydrogens (tertiary/aromatic N) is 1. The van der Waals surface area contributed by atoms with Crippen LogP contribution in [0.5, 0.6) is 0 Å². The van der Waals surface area contributed by atoms with E-state index < -0.39 is 5.97 Å². The molecule has 1 aliphatic rings. The topological polar surface area (TPSA) is 40.5 Å². The van der Waals surface area contributed by atoms with E-state index in [-0.39, 0.29) is 5.83 Å². The van der Waals surface area contributed by atoms with Gasteiger partial charge in [-0.2, -0.15) is 0 Å². The molecule has 2 rings (SSSR count). The third-order valence-corrected chi connectivity index (χ3v) is 4.50. The Kier molecular flexibility index (Phi) is 6.18. The summed E-state index contributed by atoms with van der Waals surface area (Å²) < 4.78 is 14.5. The van der Waals surface area contributed by atoms with Gasteiger partial charge in [0.05, 0.1) is 0 Å². The summed E-state index contributed by atoms with van der Waals surface area (Å²) in [5.74, 6) is -1.39. The normalized spacial score (nSPS) is 16.2. The summed E-state index contributed by atoms with van der Waals surface area (Å²) in [4.78, 5) is 13.0. The zero-order valence-corrected chi connectivity index (χ0v) is 15.3. The van der Waals surface area contributed by atoms with Crippen LogP contribution in [0.2, 0.25) is 0 Å². The van der Waals surface area contributed by atoms with E-state index in [9.17, 15) is 9.18 Å². The number of aryl methyl sites for hydroxylation is 1. The van der Waals surface area contributed by atoms with Gasteiger partial charge in [-0.05, 0) is 75.0 Å². The molecule has 0 aliphatic carbocycles. The first kappa shape index (κ1) is 19.0. The molecule has 1 aromatic rings. The summed E-state index contributed by atoms with van der Waals surface area (Å²) in [7, 11) is 0. The van der Waals surface area contributed by atoms with Gasteiger partial charge in [0.1, 0.15) is 5.83 Å². The predicted molar refractivity (Wildman–Crippen MR) is 101 cm³/mol. The fourth-order valence-corrected chi connectivity index (χ4v) is 3.08. The van der Waals surface area contributed by atoms with Gasteiger partial charge in [-0.3, -0.25) is 0 Å². The highest BCUT2D eigenvalue weighted by molar-refractivity contribution is 5.81. The average molecular weight is 343 g/mol. The fraction of sp³-hybridized carbons (Fsp3) is 0.381. The molecule has 0 saturated carbocycles. The zero-order valence-electron chi connectivity index (χ0n) is 15.3. The van der Waals surface area contributed by atoms with Crippen LogP contribution in [0, 0.1) is 0 Å². The molecule has 1 aliphatic heterocycles. The lowest BCUT2D eigenvalue weighted by molar-refractivity contribution is -0.131. The number of hydrogen-bond donors (Lipinski definition) is 1. The summed E-state index contributed by atoms with van der Waals surface area (Å²) in [5.41, 5.74) is 4.40. The van der Waals surface area contributed by atoms with Gasteiger partial charge < -0.3 is 10.0 Å². The zero-order chi connectivity index (χ0) is 18.6. The summed E-state index contributed by atoms with van der Waals surface area (Å²) >= 11 is 0. The number of fused-ring (bicyclic) bond motifs is 1. The van der Waals surface area contributed by atoms with Crippen LogP contribution in [0.25, 0.3) is 5.57 Å². The molecule has 0 fully saturated rings. The summed E-state index contributed by atoms with van der Waals surface area (Å²) in [6.45, 7) is 8.75. The van der Waals surface area contributed by atoms with Crippen molar-refractivity contribution in [1.29, 1.82) is 0 Å². The first-order valence-corrected chi connectivity index (χ1v) is 8.65. The molecule has 134 valence electrons. The minimum Gasteiger partial charge on any atom is -0.478 e. The van der Waals surface area contributed by atoms with Crippen molar-refractivity contribution in [3.05, 3.63) is 59.0 Å². The number of anilines is 1. The Morgan fingerprint density at radius 1 is 1.28 bits per heavy atom. The van der Waals surface area contributed by atoms with Crippen molar-refractivity contribution in [1.82, 2.24) is 0 Å². The van der Waals surface area contributed by atoms with Gasteiger partial charge in [-0.1, -0.05) is 18.2 Å². The third kappa shape index (κ3) is 4.81. The lowest BCUT2D eigenvalue weighted by atomic mass is 9.96. The third-order valence-electron chi connectivity index (χ3n) is 4.50. The minimum absolute atomic E-state index is 0.356. The van der Waals surface area contributed by atoms with Gasteiger partial charge in [-0.15, -0.1) is 0 Å². The molecule has 3 nitrogen and oxygen atoms in total. The number of carboxylic acid groups (broad SMARTS) is 1. The highest BCUT2D eigenvalue weighted by Gasteiger charge is 2.19. The van der Waals surface area contributed by atoms with E-state index in [1.54, 1.807) is 13.8 Å². The lowest BCUT2D eigenvalue weighted by Crippen LogP contribution is -2.35. The molecular formula is C21H26FNO2. The number of carboxylic acids is 1. The van der Waals surface area contributed by atoms with Crippen molar-refractivity contribution in [3.63, 3.8) is 0 Å². The molecule has 4 heteroatoms. The first-order chi connectivity index (χ1) is 11.8. The van der Waals surface area contributed by atoms with Gasteiger partial charge >= 0.3 is 5.97 Å². The smallest absolute Gasteiger partial charge is 0.328 e. The van der Waals surface area contributed by atoms with Crippen LogP contribution in [0.1, 0.15) is 45.2 Å². The molecule has 0 atom stereocenters. The first-order valence-electron chi connectivity index (χ1n) is 8.65. The molecule has 1 heterocycles. The molecule has 0 radical (unpaired) electrons. The highest BCUT2D eigenvalue weighted by atomic mass is 19.1. The van der Waals surface area contributed by atoms with Crippen LogP contribution in [-0.2, 0) is 11.2 Å². The van der Waals surface area contributed by atoms with Crippen LogP contribution >= 0.6 is 0 Å². The summed E-state index contributed by atoms with van der Waals surface area (Å²) in [5, 5.41) is 8.70. The Hall–Kier alpha value is -2.36. The van der Waals surface area contributed by atoms with Crippen molar-refractivity contribution in [3.8, 4) is 0 Å². The van der Waals surface area contributed by atoms with Crippen LogP contribution in [0.15, 0.2) is 47.8 Å². The van der Waals surface area contributed by atoms with Crippen molar-refractivity contribution in [2.45, 2.75) is 46.6 Å². The largest absolute Gasteiger partial charge is 0.478 e. The van der Waals surface area contributed by atoms with Crippen LogP contribution in [0.4, 0.5) is 10.1 Å². The Bertz CT molecular complexity index is 744. The van der Waals surface area contributed by atoms with E-state index in [1.165, 1.54) is 23.4 Å². The number of benzene rings is 1. The van der Waals surface area contributed by atoms with Crippen LogP contribution in [-0.4, -0.2) is 23.7 Å². The number of aliphatic carboxylic acids is 1. The van der Waals surface area contributed by atoms with Crippen molar-refractivity contribution >= 4 is 17.2 Å². The van der Waals surface area contributed by atoms with Gasteiger partial charge in [-0.25, -0.2) is 9.18 Å². The van der Waals surface area contributed by atoms with E-state index in [4.69, 9.17) is 5.11 Å². The van der Waals surface area contributed by atoms with Gasteiger partial charge in [0, 0.05) is 24.4 Å². The van der Waals surface area contributed by atoms with E-state index >= 15 is 0 Å². The lowest BCUT2D eigenvalue weighted by Gasteiger charge is -2.35. The monoisotopic (exact) mass is 343 g/mol. The van der Waals surface area contributed by atoms with Crippen molar-refractivity contribution in [2.24, 2.45) is 0 Å². The molecule has 0 aromatic heterocycles. The summed E-state index contributed by atoms with van der Waals surface area (Å²) in [6, 6.07) is 6.53. The molecule has 1 aromatic carbocycles. The fourth-order valence-electron chi connectivity index (χ4n) is 3.08. The van der Waals surface area contributed by atoms with Gasteiger partial charge in [0.15, 0.2) is 0 Å². The second-order valence-corrected chi connectivity index (χ2v) is 6.77. The Labute approximate surface area is 149 Å². The second kappa shape index (κ2) is 8.15. The van der Waals surface area contributed by atoms with E-state index in [2.05, 4.69) is 30.9 Å². The standard InChI is InChI=1S/C21H26FNO2/c1-14(2)23-11-5-6-17-8-9-18(13-20(17)23)16(4)19(22)10-7-15(3)12-21(24)25/h7-10,12-14H,5-6,11H2,1-4H3,(H,24,25)/b10-7+,15-12+,19-16+. The average Bonchev–Trinajstić information content (AvgIpc) is 2.57. The molecule has 0 spiro atoms. The number of hydrogen-bond acceptors (Lipinski definition) is 2. The molecule has 0 bridgehead atoms. The van der Waals surface area contributed by atoms with Crippen LogP contribution < -0.4 is 4.90 Å². The van der Waals surface area contributed by atoms with Crippen LogP contribution in [0.3, 0.4) is 0 Å². The molecule has 0 unspecified atom stereocenters. The van der Waals surface area contributed by atoms with Gasteiger partial charge in [0.25, 0.3) is 0 Å². The van der Waals surface area contributed by atoms with Crippen molar-refractivity contribution < 1.29 is 14.3 Å². The van der Waals surface area contributed by atoms with E-state index in [0.717, 1.165) is 31.0 Å². The maximum atomic E-state index is 14.5. The molecule has 0 amide bonds.